The number of nitrogens with one attached hydrogen (secondary N) is 1. The van der Waals surface area contributed by atoms with Gasteiger partial charge in [0.25, 0.3) is 0 Å². The topological polar surface area (TPSA) is 103 Å². The summed E-state index contributed by atoms with van der Waals surface area (Å²) in [7, 11) is 0. The highest BCUT2D eigenvalue weighted by Crippen LogP contribution is 2.44. The van der Waals surface area contributed by atoms with Gasteiger partial charge >= 0.3 is 12.2 Å². The fourth-order valence-corrected chi connectivity index (χ4v) is 4.10. The van der Waals surface area contributed by atoms with E-state index in [1.165, 1.54) is 17.1 Å². The van der Waals surface area contributed by atoms with E-state index in [0.717, 1.165) is 22.3 Å². The minimum atomic E-state index is -0.624. The Hall–Kier alpha value is -3.65. The molecule has 3 aromatic rings. The van der Waals surface area contributed by atoms with Crippen molar-refractivity contribution in [3.05, 3.63) is 77.9 Å². The molecule has 0 aliphatic heterocycles. The summed E-state index contributed by atoms with van der Waals surface area (Å²) < 4.78 is 12.1. The van der Waals surface area contributed by atoms with E-state index >= 15 is 0 Å². The number of aliphatic hydroxyl groups excluding tert-OH is 1. The van der Waals surface area contributed by atoms with Crippen molar-refractivity contribution in [2.75, 3.05) is 13.2 Å². The molecule has 1 amide bonds. The first kappa shape index (κ1) is 23.5. The van der Waals surface area contributed by atoms with Crippen molar-refractivity contribution >= 4 is 12.2 Å². The number of ether oxygens (including phenoxy) is 2. The van der Waals surface area contributed by atoms with Gasteiger partial charge in [-0.15, -0.1) is 0 Å². The molecule has 2 N–H and O–H groups in total. The Labute approximate surface area is 198 Å². The van der Waals surface area contributed by atoms with Gasteiger partial charge in [0.2, 0.25) is 0 Å². The minimum Gasteiger partial charge on any atom is -0.449 e. The summed E-state index contributed by atoms with van der Waals surface area (Å²) in [6, 6.07) is 15.6. The summed E-state index contributed by atoms with van der Waals surface area (Å²) in [5.74, 6) is -0.0461. The van der Waals surface area contributed by atoms with Gasteiger partial charge in [-0.3, -0.25) is 0 Å². The first-order valence-corrected chi connectivity index (χ1v) is 11.2. The molecule has 8 nitrogen and oxygen atoms in total. The van der Waals surface area contributed by atoms with Crippen LogP contribution in [-0.2, 0) is 15.9 Å². The second-order valence-electron chi connectivity index (χ2n) is 9.31. The highest BCUT2D eigenvalue weighted by molar-refractivity contribution is 5.79. The number of carbonyl (C=O) groups is 2. The van der Waals surface area contributed by atoms with E-state index in [-0.39, 0.29) is 25.6 Å². The van der Waals surface area contributed by atoms with Gasteiger partial charge in [-0.2, -0.15) is 0 Å². The molecule has 0 saturated carbocycles. The van der Waals surface area contributed by atoms with Crippen LogP contribution in [0.15, 0.2) is 61.1 Å². The van der Waals surface area contributed by atoms with Crippen molar-refractivity contribution in [3.8, 4) is 11.1 Å². The van der Waals surface area contributed by atoms with Crippen molar-refractivity contribution in [1.82, 2.24) is 14.9 Å². The highest BCUT2D eigenvalue weighted by Gasteiger charge is 2.29. The zero-order valence-corrected chi connectivity index (χ0v) is 19.5. The molecular formula is C26H29N3O5. The normalized spacial score (nSPS) is 13.6. The Morgan fingerprint density at radius 1 is 1.09 bits per heavy atom. The number of hydrogen-bond acceptors (Lipinski definition) is 6. The van der Waals surface area contributed by atoms with Crippen LogP contribution in [0, 0.1) is 0 Å². The molecule has 4 rings (SSSR count). The summed E-state index contributed by atoms with van der Waals surface area (Å²) in [5.41, 5.74) is 4.47. The maximum Gasteiger partial charge on any atom is 0.419 e. The lowest BCUT2D eigenvalue weighted by Gasteiger charge is -2.19. The van der Waals surface area contributed by atoms with Crippen molar-refractivity contribution < 1.29 is 24.2 Å². The number of nitrogens with zero attached hydrogens (tertiary/aromatic N) is 2. The molecule has 0 radical (unpaired) electrons. The van der Waals surface area contributed by atoms with Crippen LogP contribution in [0.5, 0.6) is 0 Å². The largest absolute Gasteiger partial charge is 0.449 e. The lowest BCUT2D eigenvalue weighted by molar-refractivity contribution is 0.0536. The second-order valence-corrected chi connectivity index (χ2v) is 9.31. The number of aromatic nitrogens is 2. The third-order valence-corrected chi connectivity index (χ3v) is 5.58. The average Bonchev–Trinajstić information content (AvgIpc) is 3.39. The van der Waals surface area contributed by atoms with Crippen LogP contribution < -0.4 is 5.32 Å². The molecule has 1 heterocycles. The third kappa shape index (κ3) is 5.28. The molecule has 0 bridgehead atoms. The molecule has 1 aliphatic rings. The first-order valence-electron chi connectivity index (χ1n) is 11.2. The lowest BCUT2D eigenvalue weighted by Crippen LogP contribution is -2.40. The molecule has 0 fully saturated rings. The predicted molar refractivity (Wildman–Crippen MR) is 127 cm³/mol. The van der Waals surface area contributed by atoms with Crippen molar-refractivity contribution in [3.63, 3.8) is 0 Å². The third-order valence-electron chi connectivity index (χ3n) is 5.58. The van der Waals surface area contributed by atoms with Gasteiger partial charge in [0, 0.05) is 18.5 Å². The molecule has 178 valence electrons. The molecule has 34 heavy (non-hydrogen) atoms. The molecule has 1 aromatic heterocycles. The molecular weight excluding hydrogens is 434 g/mol. The zero-order chi connectivity index (χ0) is 24.3. The van der Waals surface area contributed by atoms with Gasteiger partial charge in [0.1, 0.15) is 18.5 Å². The van der Waals surface area contributed by atoms with Crippen LogP contribution in [-0.4, -0.2) is 51.7 Å². The van der Waals surface area contributed by atoms with Crippen LogP contribution in [0.4, 0.5) is 9.59 Å². The SMILES string of the molecule is CC(C)(C)OC(=O)n1cnc(CC(CO)NC(=O)OCC2c3ccccc3-c3ccccc32)c1. The van der Waals surface area contributed by atoms with Crippen molar-refractivity contribution in [1.29, 1.82) is 0 Å². The number of imidazole rings is 1. The highest BCUT2D eigenvalue weighted by atomic mass is 16.6. The Morgan fingerprint density at radius 2 is 1.71 bits per heavy atom. The van der Waals surface area contributed by atoms with Crippen LogP contribution in [0.1, 0.15) is 43.5 Å². The number of hydrogen-bond donors (Lipinski definition) is 2. The molecule has 1 unspecified atom stereocenters. The van der Waals surface area contributed by atoms with Gasteiger partial charge in [-0.05, 0) is 43.0 Å². The maximum absolute atomic E-state index is 12.5. The standard InChI is InChI=1S/C26H29N3O5/c1-26(2,3)34-25(32)29-13-17(27-16-29)12-18(14-30)28-24(31)33-15-23-21-10-6-4-8-19(21)20-9-5-7-11-22(20)23/h4-11,13,16,18,23,30H,12,14-15H2,1-3H3,(H,28,31). The monoisotopic (exact) mass is 463 g/mol. The van der Waals surface area contributed by atoms with E-state index in [1.54, 1.807) is 20.8 Å². The van der Waals surface area contributed by atoms with E-state index < -0.39 is 23.8 Å². The Balaban J connectivity index is 1.35. The van der Waals surface area contributed by atoms with Crippen molar-refractivity contribution in [2.24, 2.45) is 0 Å². The smallest absolute Gasteiger partial charge is 0.419 e. The Kier molecular flexibility index (Phi) is 6.70. The van der Waals surface area contributed by atoms with Gasteiger partial charge in [-0.1, -0.05) is 48.5 Å². The van der Waals surface area contributed by atoms with Gasteiger partial charge in [0.05, 0.1) is 18.3 Å². The fraction of sp³-hybridized carbons (Fsp3) is 0.346. The van der Waals surface area contributed by atoms with E-state index in [9.17, 15) is 14.7 Å². The van der Waals surface area contributed by atoms with Crippen LogP contribution in [0.2, 0.25) is 0 Å². The summed E-state index contributed by atoms with van der Waals surface area (Å²) >= 11 is 0. The summed E-state index contributed by atoms with van der Waals surface area (Å²) in [5, 5.41) is 12.4. The summed E-state index contributed by atoms with van der Waals surface area (Å²) in [6.45, 7) is 5.23. The molecule has 2 aromatic carbocycles. The Morgan fingerprint density at radius 3 is 2.29 bits per heavy atom. The number of alkyl carbamates (subject to hydrolysis) is 1. The predicted octanol–water partition coefficient (Wildman–Crippen LogP) is 4.11. The maximum atomic E-state index is 12.5. The number of rotatable bonds is 6. The summed E-state index contributed by atoms with van der Waals surface area (Å²) in [4.78, 5) is 28.8. The molecule has 8 heteroatoms. The lowest BCUT2D eigenvalue weighted by atomic mass is 9.98. The molecule has 0 spiro atoms. The minimum absolute atomic E-state index is 0.0461. The quantitative estimate of drug-likeness (QED) is 0.570. The second kappa shape index (κ2) is 9.69. The number of aliphatic hydroxyl groups is 1. The molecule has 1 atom stereocenters. The first-order chi connectivity index (χ1) is 16.2. The number of amides is 1. The van der Waals surface area contributed by atoms with Gasteiger partial charge < -0.3 is 19.9 Å². The number of fused-ring (bicyclic) bond motifs is 3. The van der Waals surface area contributed by atoms with E-state index in [1.807, 2.05) is 24.3 Å². The van der Waals surface area contributed by atoms with Gasteiger partial charge in [0.15, 0.2) is 0 Å². The molecule has 0 saturated heterocycles. The zero-order valence-electron chi connectivity index (χ0n) is 19.5. The number of carbonyl (C=O) groups excluding carboxylic acids is 2. The number of benzene rings is 2. The fourth-order valence-electron chi connectivity index (χ4n) is 4.10. The van der Waals surface area contributed by atoms with Crippen LogP contribution in [0.3, 0.4) is 0 Å². The van der Waals surface area contributed by atoms with Gasteiger partial charge in [-0.25, -0.2) is 19.1 Å². The van der Waals surface area contributed by atoms with Crippen LogP contribution in [0.25, 0.3) is 11.1 Å². The Bertz CT molecular complexity index is 1140. The van der Waals surface area contributed by atoms with Crippen molar-refractivity contribution in [2.45, 2.75) is 44.8 Å². The van der Waals surface area contributed by atoms with E-state index in [4.69, 9.17) is 9.47 Å². The average molecular weight is 464 g/mol. The summed E-state index contributed by atoms with van der Waals surface area (Å²) in [6.07, 6.45) is 1.95. The van der Waals surface area contributed by atoms with Crippen LogP contribution >= 0.6 is 0 Å². The van der Waals surface area contributed by atoms with E-state index in [0.29, 0.717) is 5.69 Å². The van der Waals surface area contributed by atoms with E-state index in [2.05, 4.69) is 34.6 Å². The molecule has 1 aliphatic carbocycles.